The number of anilines is 1. The first-order chi connectivity index (χ1) is 14.4. The van der Waals surface area contributed by atoms with E-state index < -0.39 is 10.8 Å². The van der Waals surface area contributed by atoms with Crippen LogP contribution in [0.5, 0.6) is 5.75 Å². The molecule has 1 N–H and O–H groups in total. The summed E-state index contributed by atoms with van der Waals surface area (Å²) in [6, 6.07) is 14.9. The average molecular weight is 424 g/mol. The van der Waals surface area contributed by atoms with E-state index in [0.717, 1.165) is 22.3 Å². The summed E-state index contributed by atoms with van der Waals surface area (Å²) in [7, 11) is 1.54. The molecule has 0 aliphatic carbocycles. The second kappa shape index (κ2) is 7.49. The van der Waals surface area contributed by atoms with Crippen molar-refractivity contribution in [2.75, 3.05) is 12.0 Å². The lowest BCUT2D eigenvalue weighted by atomic mass is 10.1. The number of hydrogen-bond donors (Lipinski definition) is 1. The molecule has 154 valence electrons. The Morgan fingerprint density at radius 1 is 1.17 bits per heavy atom. The number of carbonyl (C=O) groups is 3. The fourth-order valence-corrected chi connectivity index (χ4v) is 4.96. The lowest BCUT2D eigenvalue weighted by molar-refractivity contribution is -0.139. The van der Waals surface area contributed by atoms with E-state index in [9.17, 15) is 14.4 Å². The summed E-state index contributed by atoms with van der Waals surface area (Å²) in [5, 5.41) is 8.20. The standard InChI is InChI=1S/C21H20N4O4S/c1-13(26)22-20-23-25(14(2)27)21(30-20)17-11-16(29-3)9-10-18(17)24(19(21)28)12-15-7-5-4-6-8-15/h4-11H,12H2,1-3H3,(H,22,23,26)/t21-/m0/s1. The van der Waals surface area contributed by atoms with Crippen LogP contribution in [0, 0.1) is 0 Å². The highest BCUT2D eigenvalue weighted by molar-refractivity contribution is 8.15. The predicted molar refractivity (Wildman–Crippen MR) is 114 cm³/mol. The van der Waals surface area contributed by atoms with E-state index >= 15 is 0 Å². The number of hydrogen-bond acceptors (Lipinski definition) is 6. The van der Waals surface area contributed by atoms with Crippen LogP contribution in [0.15, 0.2) is 53.6 Å². The molecule has 30 heavy (non-hydrogen) atoms. The van der Waals surface area contributed by atoms with Crippen molar-refractivity contribution >= 4 is 40.3 Å². The van der Waals surface area contributed by atoms with Gasteiger partial charge in [-0.2, -0.15) is 5.01 Å². The van der Waals surface area contributed by atoms with Gasteiger partial charge in [0, 0.05) is 19.4 Å². The second-order valence-corrected chi connectivity index (χ2v) is 8.10. The number of hydrazone groups is 1. The Labute approximate surface area is 177 Å². The quantitative estimate of drug-likeness (QED) is 0.817. The molecule has 4 rings (SSSR count). The molecule has 0 bridgehead atoms. The highest BCUT2D eigenvalue weighted by Gasteiger charge is 2.61. The molecule has 1 spiro atoms. The van der Waals surface area contributed by atoms with Crippen LogP contribution in [-0.4, -0.2) is 35.0 Å². The fraction of sp³-hybridized carbons (Fsp3) is 0.238. The molecule has 2 aromatic carbocycles. The maximum atomic E-state index is 13.8. The van der Waals surface area contributed by atoms with Gasteiger partial charge in [0.25, 0.3) is 5.91 Å². The van der Waals surface area contributed by atoms with Gasteiger partial charge in [0.15, 0.2) is 5.17 Å². The number of thioether (sulfide) groups is 1. The first kappa shape index (κ1) is 20.0. The Bertz CT molecular complexity index is 1070. The summed E-state index contributed by atoms with van der Waals surface area (Å²) in [6.45, 7) is 3.03. The summed E-state index contributed by atoms with van der Waals surface area (Å²) >= 11 is 1.05. The molecule has 0 fully saturated rings. The van der Waals surface area contributed by atoms with Gasteiger partial charge in [0.05, 0.1) is 19.3 Å². The number of ether oxygens (including phenoxy) is 1. The predicted octanol–water partition coefficient (Wildman–Crippen LogP) is 2.40. The zero-order chi connectivity index (χ0) is 21.5. The zero-order valence-electron chi connectivity index (χ0n) is 16.7. The number of nitrogens with zero attached hydrogens (tertiary/aromatic N) is 3. The molecule has 0 unspecified atom stereocenters. The minimum absolute atomic E-state index is 0.196. The SMILES string of the molecule is COc1ccc2c(c1)[C@]1(SC(NC(C)=O)=NN1C(C)=O)C(=O)N2Cc1ccccc1. The van der Waals surface area contributed by atoms with Gasteiger partial charge in [-0.3, -0.25) is 14.4 Å². The van der Waals surface area contributed by atoms with E-state index in [4.69, 9.17) is 4.74 Å². The molecule has 2 heterocycles. The Morgan fingerprint density at radius 3 is 2.53 bits per heavy atom. The number of nitrogens with one attached hydrogen (secondary N) is 1. The van der Waals surface area contributed by atoms with Crippen LogP contribution in [-0.2, 0) is 25.8 Å². The molecule has 0 radical (unpaired) electrons. The van der Waals surface area contributed by atoms with Gasteiger partial charge in [-0.15, -0.1) is 5.10 Å². The first-order valence-corrected chi connectivity index (χ1v) is 10.1. The normalized spacial score (nSPS) is 19.7. The molecule has 1 atom stereocenters. The van der Waals surface area contributed by atoms with Gasteiger partial charge in [-0.1, -0.05) is 30.3 Å². The van der Waals surface area contributed by atoms with Crippen LogP contribution in [0.2, 0.25) is 0 Å². The molecule has 0 aromatic heterocycles. The van der Waals surface area contributed by atoms with E-state index in [1.165, 1.54) is 21.0 Å². The van der Waals surface area contributed by atoms with Crippen LogP contribution in [0.1, 0.15) is 25.0 Å². The Hall–Kier alpha value is -3.33. The van der Waals surface area contributed by atoms with E-state index in [-0.39, 0.29) is 17.0 Å². The maximum Gasteiger partial charge on any atom is 0.271 e. The van der Waals surface area contributed by atoms with E-state index in [1.54, 1.807) is 23.1 Å². The molecule has 0 saturated carbocycles. The van der Waals surface area contributed by atoms with Crippen LogP contribution in [0.25, 0.3) is 0 Å². The second-order valence-electron chi connectivity index (χ2n) is 6.92. The van der Waals surface area contributed by atoms with E-state index in [1.807, 2.05) is 30.3 Å². The maximum absolute atomic E-state index is 13.8. The largest absolute Gasteiger partial charge is 0.497 e. The summed E-state index contributed by atoms with van der Waals surface area (Å²) in [4.78, 5) is 38.1. The molecule has 2 aliphatic rings. The molecule has 0 saturated heterocycles. The van der Waals surface area contributed by atoms with Crippen molar-refractivity contribution < 1.29 is 19.1 Å². The van der Waals surface area contributed by atoms with Gasteiger partial charge in [-0.05, 0) is 35.5 Å². The molecular formula is C21H20N4O4S. The van der Waals surface area contributed by atoms with Crippen LogP contribution in [0.4, 0.5) is 5.69 Å². The van der Waals surface area contributed by atoms with Gasteiger partial charge in [0.2, 0.25) is 16.7 Å². The lowest BCUT2D eigenvalue weighted by Crippen LogP contribution is -2.48. The van der Waals surface area contributed by atoms with E-state index in [0.29, 0.717) is 23.5 Å². The number of amidine groups is 1. The first-order valence-electron chi connectivity index (χ1n) is 9.27. The van der Waals surface area contributed by atoms with Crippen molar-refractivity contribution in [3.63, 3.8) is 0 Å². The van der Waals surface area contributed by atoms with Crippen molar-refractivity contribution in [1.29, 1.82) is 0 Å². The van der Waals surface area contributed by atoms with Crippen LogP contribution in [0.3, 0.4) is 0 Å². The van der Waals surface area contributed by atoms with Crippen LogP contribution < -0.4 is 15.0 Å². The molecule has 3 amide bonds. The molecular weight excluding hydrogens is 404 g/mol. The summed E-state index contributed by atoms with van der Waals surface area (Å²) in [5.74, 6) is -0.496. The fourth-order valence-electron chi connectivity index (χ4n) is 3.64. The average Bonchev–Trinajstić information content (AvgIpc) is 3.20. The molecule has 2 aromatic rings. The number of methoxy groups -OCH3 is 1. The number of benzene rings is 2. The van der Waals surface area contributed by atoms with Crippen LogP contribution >= 0.6 is 11.8 Å². The van der Waals surface area contributed by atoms with E-state index in [2.05, 4.69) is 10.4 Å². The Balaban J connectivity index is 1.85. The van der Waals surface area contributed by atoms with Crippen molar-refractivity contribution in [2.24, 2.45) is 5.10 Å². The number of rotatable bonds is 3. The highest BCUT2D eigenvalue weighted by Crippen LogP contribution is 2.55. The topological polar surface area (TPSA) is 91.3 Å². The van der Waals surface area contributed by atoms with Gasteiger partial charge in [-0.25, -0.2) is 0 Å². The Kier molecular flexibility index (Phi) is 4.98. The van der Waals surface area contributed by atoms with Gasteiger partial charge < -0.3 is 15.0 Å². The number of amides is 3. The summed E-state index contributed by atoms with van der Waals surface area (Å²) < 4.78 is 5.37. The van der Waals surface area contributed by atoms with Crippen molar-refractivity contribution in [1.82, 2.24) is 10.3 Å². The molecule has 8 nitrogen and oxygen atoms in total. The third-order valence-corrected chi connectivity index (χ3v) is 6.13. The number of fused-ring (bicyclic) bond motifs is 2. The smallest absolute Gasteiger partial charge is 0.271 e. The monoisotopic (exact) mass is 424 g/mol. The Morgan fingerprint density at radius 2 is 1.90 bits per heavy atom. The zero-order valence-corrected chi connectivity index (χ0v) is 17.5. The molecule has 9 heteroatoms. The minimum atomic E-state index is -1.44. The summed E-state index contributed by atoms with van der Waals surface area (Å²) in [5.41, 5.74) is 2.21. The van der Waals surface area contributed by atoms with Crippen molar-refractivity contribution in [3.8, 4) is 5.75 Å². The summed E-state index contributed by atoms with van der Waals surface area (Å²) in [6.07, 6.45) is 0. The lowest BCUT2D eigenvalue weighted by Gasteiger charge is -2.29. The number of carbonyl (C=O) groups excluding carboxylic acids is 3. The van der Waals surface area contributed by atoms with Crippen molar-refractivity contribution in [2.45, 2.75) is 25.3 Å². The van der Waals surface area contributed by atoms with Gasteiger partial charge >= 0.3 is 0 Å². The molecule has 2 aliphatic heterocycles. The third kappa shape index (κ3) is 3.11. The third-order valence-electron chi connectivity index (χ3n) is 4.89. The van der Waals surface area contributed by atoms with Crippen molar-refractivity contribution in [3.05, 3.63) is 59.7 Å². The van der Waals surface area contributed by atoms with Gasteiger partial charge in [0.1, 0.15) is 5.75 Å². The highest BCUT2D eigenvalue weighted by atomic mass is 32.2. The minimum Gasteiger partial charge on any atom is -0.497 e.